The first-order chi connectivity index (χ1) is 9.47. The fraction of sp³-hybridized carbons (Fsp3) is 0.308. The molecule has 1 aliphatic heterocycles. The Bertz CT molecular complexity index is 561. The molecular weight excluding hydrogens is 262 g/mol. The summed E-state index contributed by atoms with van der Waals surface area (Å²) >= 11 is 0. The van der Waals surface area contributed by atoms with Crippen LogP contribution in [-0.2, 0) is 9.59 Å². The Labute approximate surface area is 115 Å². The zero-order valence-corrected chi connectivity index (χ0v) is 10.9. The van der Waals surface area contributed by atoms with Gasteiger partial charge in [-0.1, -0.05) is 0 Å². The number of carboxylic acids is 1. The second-order valence-electron chi connectivity index (χ2n) is 4.56. The van der Waals surface area contributed by atoms with Gasteiger partial charge in [0.2, 0.25) is 11.8 Å². The van der Waals surface area contributed by atoms with E-state index in [1.165, 1.54) is 12.1 Å². The highest BCUT2D eigenvalue weighted by Crippen LogP contribution is 2.15. The molecule has 0 radical (unpaired) electrons. The predicted octanol–water partition coefficient (Wildman–Crippen LogP) is -0.280. The third-order valence-electron chi connectivity index (χ3n) is 3.05. The van der Waals surface area contributed by atoms with Crippen molar-refractivity contribution in [3.8, 4) is 0 Å². The second-order valence-corrected chi connectivity index (χ2v) is 4.56. The summed E-state index contributed by atoms with van der Waals surface area (Å²) in [4.78, 5) is 33.8. The SMILES string of the molecule is Cc1cc(NC(=O)C2CNC(=O)CN2)ccc1C(=O)O. The second kappa shape index (κ2) is 5.70. The maximum atomic E-state index is 12.0. The van der Waals surface area contributed by atoms with E-state index in [-0.39, 0.29) is 30.5 Å². The van der Waals surface area contributed by atoms with Crippen LogP contribution in [-0.4, -0.2) is 42.0 Å². The molecule has 0 bridgehead atoms. The summed E-state index contributed by atoms with van der Waals surface area (Å²) in [5, 5.41) is 17.0. The minimum Gasteiger partial charge on any atom is -0.478 e. The van der Waals surface area contributed by atoms with E-state index in [1.807, 2.05) is 0 Å². The molecule has 1 atom stereocenters. The van der Waals surface area contributed by atoms with Gasteiger partial charge in [-0.25, -0.2) is 4.79 Å². The Kier molecular flexibility index (Phi) is 3.99. The lowest BCUT2D eigenvalue weighted by Crippen LogP contribution is -2.56. The molecule has 20 heavy (non-hydrogen) atoms. The minimum absolute atomic E-state index is 0.106. The Morgan fingerprint density at radius 2 is 2.15 bits per heavy atom. The number of rotatable bonds is 3. The fourth-order valence-electron chi connectivity index (χ4n) is 1.96. The van der Waals surface area contributed by atoms with Crippen molar-refractivity contribution in [3.05, 3.63) is 29.3 Å². The number of benzene rings is 1. The molecule has 0 aliphatic carbocycles. The highest BCUT2D eigenvalue weighted by atomic mass is 16.4. The smallest absolute Gasteiger partial charge is 0.335 e. The molecule has 0 aromatic heterocycles. The molecule has 0 spiro atoms. The van der Waals surface area contributed by atoms with E-state index in [0.29, 0.717) is 11.3 Å². The number of aryl methyl sites for hydroxylation is 1. The molecule has 1 aromatic rings. The van der Waals surface area contributed by atoms with Gasteiger partial charge in [-0.3, -0.25) is 14.9 Å². The summed E-state index contributed by atoms with van der Waals surface area (Å²) in [6.07, 6.45) is 0. The lowest BCUT2D eigenvalue weighted by Gasteiger charge is -2.23. The van der Waals surface area contributed by atoms with Crippen LogP contribution in [0.3, 0.4) is 0 Å². The zero-order chi connectivity index (χ0) is 14.7. The van der Waals surface area contributed by atoms with Gasteiger partial charge in [0.25, 0.3) is 0 Å². The van der Waals surface area contributed by atoms with Crippen LogP contribution in [0, 0.1) is 6.92 Å². The average Bonchev–Trinajstić information content (AvgIpc) is 2.39. The van der Waals surface area contributed by atoms with Crippen molar-refractivity contribution in [3.63, 3.8) is 0 Å². The molecule has 2 amide bonds. The van der Waals surface area contributed by atoms with Crippen LogP contribution in [0.4, 0.5) is 5.69 Å². The molecule has 1 fully saturated rings. The summed E-state index contributed by atoms with van der Waals surface area (Å²) < 4.78 is 0. The van der Waals surface area contributed by atoms with Gasteiger partial charge in [-0.15, -0.1) is 0 Å². The number of carboxylic acid groups (broad SMARTS) is 1. The summed E-state index contributed by atoms with van der Waals surface area (Å²) in [6, 6.07) is 4.09. The van der Waals surface area contributed by atoms with Crippen LogP contribution in [0.2, 0.25) is 0 Å². The number of carbonyl (C=O) groups is 3. The number of piperazine rings is 1. The molecule has 1 unspecified atom stereocenters. The Morgan fingerprint density at radius 1 is 1.40 bits per heavy atom. The van der Waals surface area contributed by atoms with Crippen molar-refractivity contribution in [1.82, 2.24) is 10.6 Å². The predicted molar refractivity (Wildman–Crippen MR) is 71.6 cm³/mol. The van der Waals surface area contributed by atoms with Crippen molar-refractivity contribution in [1.29, 1.82) is 0 Å². The molecule has 7 nitrogen and oxygen atoms in total. The third-order valence-corrected chi connectivity index (χ3v) is 3.05. The molecule has 4 N–H and O–H groups in total. The van der Waals surface area contributed by atoms with Crippen molar-refractivity contribution in [2.75, 3.05) is 18.4 Å². The fourth-order valence-corrected chi connectivity index (χ4v) is 1.96. The zero-order valence-electron chi connectivity index (χ0n) is 10.9. The van der Waals surface area contributed by atoms with E-state index >= 15 is 0 Å². The van der Waals surface area contributed by atoms with E-state index in [9.17, 15) is 14.4 Å². The quantitative estimate of drug-likeness (QED) is 0.608. The van der Waals surface area contributed by atoms with Gasteiger partial charge in [0, 0.05) is 12.2 Å². The molecule has 0 saturated carbocycles. The van der Waals surface area contributed by atoms with Crippen molar-refractivity contribution in [2.45, 2.75) is 13.0 Å². The Balaban J connectivity index is 2.03. The number of amides is 2. The van der Waals surface area contributed by atoms with Gasteiger partial charge in [0.05, 0.1) is 12.1 Å². The number of nitrogens with one attached hydrogen (secondary N) is 3. The molecule has 1 aliphatic rings. The van der Waals surface area contributed by atoms with Gasteiger partial charge >= 0.3 is 5.97 Å². The molecule has 1 saturated heterocycles. The van der Waals surface area contributed by atoms with Gasteiger partial charge in [0.1, 0.15) is 6.04 Å². The summed E-state index contributed by atoms with van der Waals surface area (Å²) in [5.74, 6) is -1.42. The number of carbonyl (C=O) groups excluding carboxylic acids is 2. The van der Waals surface area contributed by atoms with Gasteiger partial charge in [-0.05, 0) is 30.7 Å². The first-order valence-corrected chi connectivity index (χ1v) is 6.12. The monoisotopic (exact) mass is 277 g/mol. The summed E-state index contributed by atoms with van der Waals surface area (Å²) in [6.45, 7) is 2.00. The van der Waals surface area contributed by atoms with E-state index in [0.717, 1.165) is 0 Å². The normalized spacial score (nSPS) is 18.2. The van der Waals surface area contributed by atoms with E-state index in [4.69, 9.17) is 5.11 Å². The number of hydrogen-bond acceptors (Lipinski definition) is 4. The van der Waals surface area contributed by atoms with Gasteiger partial charge < -0.3 is 15.7 Å². The maximum absolute atomic E-state index is 12.0. The molecule has 7 heteroatoms. The molecule has 106 valence electrons. The van der Waals surface area contributed by atoms with Crippen molar-refractivity contribution in [2.24, 2.45) is 0 Å². The number of anilines is 1. The first kappa shape index (κ1) is 14.0. The minimum atomic E-state index is -1.00. The van der Waals surface area contributed by atoms with Crippen LogP contribution in [0.1, 0.15) is 15.9 Å². The Hall–Kier alpha value is -2.41. The lowest BCUT2D eigenvalue weighted by molar-refractivity contribution is -0.124. The lowest BCUT2D eigenvalue weighted by atomic mass is 10.1. The van der Waals surface area contributed by atoms with Crippen molar-refractivity contribution < 1.29 is 19.5 Å². The van der Waals surface area contributed by atoms with Crippen LogP contribution in [0.5, 0.6) is 0 Å². The highest BCUT2D eigenvalue weighted by Gasteiger charge is 2.23. The van der Waals surface area contributed by atoms with E-state index in [2.05, 4.69) is 16.0 Å². The topological polar surface area (TPSA) is 108 Å². The summed E-state index contributed by atoms with van der Waals surface area (Å²) in [5.41, 5.74) is 1.29. The van der Waals surface area contributed by atoms with Crippen molar-refractivity contribution >= 4 is 23.5 Å². The molecular formula is C13H15N3O4. The van der Waals surface area contributed by atoms with Crippen LogP contribution < -0.4 is 16.0 Å². The average molecular weight is 277 g/mol. The van der Waals surface area contributed by atoms with E-state index in [1.54, 1.807) is 13.0 Å². The van der Waals surface area contributed by atoms with Crippen LogP contribution >= 0.6 is 0 Å². The van der Waals surface area contributed by atoms with Crippen LogP contribution in [0.25, 0.3) is 0 Å². The standard InChI is InChI=1S/C13H15N3O4/c1-7-4-8(2-3-9(7)13(19)20)16-12(18)10-5-15-11(17)6-14-10/h2-4,10,14H,5-6H2,1H3,(H,15,17)(H,16,18)(H,19,20). The number of hydrogen-bond donors (Lipinski definition) is 4. The molecule has 1 aromatic carbocycles. The van der Waals surface area contributed by atoms with Crippen LogP contribution in [0.15, 0.2) is 18.2 Å². The van der Waals surface area contributed by atoms with E-state index < -0.39 is 12.0 Å². The first-order valence-electron chi connectivity index (χ1n) is 6.12. The maximum Gasteiger partial charge on any atom is 0.335 e. The van der Waals surface area contributed by atoms with Gasteiger partial charge in [0.15, 0.2) is 0 Å². The summed E-state index contributed by atoms with van der Waals surface area (Å²) in [7, 11) is 0. The molecule has 2 rings (SSSR count). The highest BCUT2D eigenvalue weighted by molar-refractivity contribution is 5.97. The Morgan fingerprint density at radius 3 is 2.70 bits per heavy atom. The largest absolute Gasteiger partial charge is 0.478 e. The molecule has 1 heterocycles. The number of aromatic carboxylic acids is 1. The third kappa shape index (κ3) is 3.12. The van der Waals surface area contributed by atoms with Gasteiger partial charge in [-0.2, -0.15) is 0 Å².